The average molecular weight is 214 g/mol. The highest BCUT2D eigenvalue weighted by Gasteiger charge is 1.82. The summed E-state index contributed by atoms with van der Waals surface area (Å²) in [6.07, 6.45) is 1.19. The van der Waals surface area contributed by atoms with Gasteiger partial charge in [-0.3, -0.25) is 0 Å². The molecule has 0 fully saturated rings. The molecule has 3 heteroatoms. The van der Waals surface area contributed by atoms with Gasteiger partial charge in [-0.2, -0.15) is 3.22 Å². The molecular formula is C4H11IN2. The maximum absolute atomic E-state index is 3.12. The number of hydrazine groups is 1. The Morgan fingerprint density at radius 1 is 1.71 bits per heavy atom. The second-order valence-electron chi connectivity index (χ2n) is 1.39. The third kappa shape index (κ3) is 6.65. The molecule has 0 spiro atoms. The van der Waals surface area contributed by atoms with Crippen LogP contribution >= 0.6 is 22.9 Å². The van der Waals surface area contributed by atoms with Gasteiger partial charge in [0.05, 0.1) is 0 Å². The number of nitrogens with one attached hydrogen (secondary N) is 1. The largest absolute Gasteiger partial charge is 0.246 e. The van der Waals surface area contributed by atoms with Crippen molar-refractivity contribution in [2.75, 3.05) is 13.6 Å². The molecule has 0 unspecified atom stereocenters. The molecule has 0 aromatic carbocycles. The van der Waals surface area contributed by atoms with E-state index < -0.39 is 0 Å². The summed E-state index contributed by atoms with van der Waals surface area (Å²) >= 11 is 2.19. The molecule has 7 heavy (non-hydrogen) atoms. The highest BCUT2D eigenvalue weighted by atomic mass is 127. The van der Waals surface area contributed by atoms with E-state index in [1.54, 1.807) is 0 Å². The van der Waals surface area contributed by atoms with E-state index in [-0.39, 0.29) is 0 Å². The second-order valence-corrected chi connectivity index (χ2v) is 2.83. The van der Waals surface area contributed by atoms with E-state index in [0.717, 1.165) is 6.54 Å². The van der Waals surface area contributed by atoms with Gasteiger partial charge in [0.1, 0.15) is 0 Å². The van der Waals surface area contributed by atoms with Crippen molar-refractivity contribution < 1.29 is 0 Å². The Bertz CT molecular complexity index is 38.7. The van der Waals surface area contributed by atoms with Crippen LogP contribution in [-0.2, 0) is 0 Å². The van der Waals surface area contributed by atoms with Crippen molar-refractivity contribution >= 4 is 22.9 Å². The van der Waals surface area contributed by atoms with Gasteiger partial charge in [0.2, 0.25) is 0 Å². The van der Waals surface area contributed by atoms with Crippen LogP contribution in [0.1, 0.15) is 13.3 Å². The first-order chi connectivity index (χ1) is 3.27. The fourth-order valence-electron chi connectivity index (χ4n) is 0.266. The molecule has 0 radical (unpaired) electrons. The fraction of sp³-hybridized carbons (Fsp3) is 1.00. The van der Waals surface area contributed by atoms with Crippen molar-refractivity contribution in [1.82, 2.24) is 8.65 Å². The molecule has 0 aromatic heterocycles. The molecule has 0 rings (SSSR count). The quantitative estimate of drug-likeness (QED) is 0.431. The third-order valence-electron chi connectivity index (χ3n) is 0.580. The number of nitrogens with zero attached hydrogens (tertiary/aromatic N) is 1. The maximum atomic E-state index is 3.12. The van der Waals surface area contributed by atoms with Gasteiger partial charge in [0, 0.05) is 36.5 Å². The lowest BCUT2D eigenvalue weighted by Crippen LogP contribution is -2.25. The van der Waals surface area contributed by atoms with Crippen molar-refractivity contribution in [3.8, 4) is 0 Å². The second kappa shape index (κ2) is 4.80. The topological polar surface area (TPSA) is 15.3 Å². The Kier molecular flexibility index (Phi) is 5.25. The zero-order chi connectivity index (χ0) is 5.70. The minimum Gasteiger partial charge on any atom is -0.246 e. The Labute approximate surface area is 58.7 Å². The molecule has 0 aliphatic heterocycles. The van der Waals surface area contributed by atoms with Crippen LogP contribution in [0.15, 0.2) is 0 Å². The monoisotopic (exact) mass is 214 g/mol. The van der Waals surface area contributed by atoms with Gasteiger partial charge in [0.15, 0.2) is 0 Å². The van der Waals surface area contributed by atoms with Gasteiger partial charge in [-0.1, -0.05) is 6.92 Å². The van der Waals surface area contributed by atoms with Crippen LogP contribution in [0, 0.1) is 0 Å². The molecule has 2 nitrogen and oxygen atoms in total. The number of hydrogen-bond donors (Lipinski definition) is 1. The van der Waals surface area contributed by atoms with Crippen molar-refractivity contribution in [3.63, 3.8) is 0 Å². The molecule has 1 N–H and O–H groups in total. The minimum absolute atomic E-state index is 1.07. The maximum Gasteiger partial charge on any atom is 0.0364 e. The van der Waals surface area contributed by atoms with Gasteiger partial charge in [-0.05, 0) is 6.42 Å². The van der Waals surface area contributed by atoms with Crippen molar-refractivity contribution in [3.05, 3.63) is 0 Å². The zero-order valence-electron chi connectivity index (χ0n) is 4.74. The highest BCUT2D eigenvalue weighted by molar-refractivity contribution is 14.1. The molecular weight excluding hydrogens is 203 g/mol. The Morgan fingerprint density at radius 3 is 2.43 bits per heavy atom. The molecule has 0 saturated carbocycles. The van der Waals surface area contributed by atoms with Gasteiger partial charge in [-0.15, -0.1) is 0 Å². The molecule has 0 atom stereocenters. The summed E-state index contributed by atoms with van der Waals surface area (Å²) in [5.41, 5.74) is 3.12. The molecule has 0 aromatic rings. The van der Waals surface area contributed by atoms with Crippen LogP contribution in [0.25, 0.3) is 0 Å². The fourth-order valence-corrected chi connectivity index (χ4v) is 0.507. The van der Waals surface area contributed by atoms with E-state index >= 15 is 0 Å². The molecule has 0 aliphatic rings. The molecule has 44 valence electrons. The van der Waals surface area contributed by atoms with Crippen LogP contribution in [0.5, 0.6) is 0 Å². The lowest BCUT2D eigenvalue weighted by Gasteiger charge is -2.06. The third-order valence-corrected chi connectivity index (χ3v) is 0.921. The summed E-state index contributed by atoms with van der Waals surface area (Å²) in [7, 11) is 1.98. The summed E-state index contributed by atoms with van der Waals surface area (Å²) in [6, 6.07) is 0. The van der Waals surface area contributed by atoms with Crippen LogP contribution < -0.4 is 5.43 Å². The minimum atomic E-state index is 1.07. The van der Waals surface area contributed by atoms with Gasteiger partial charge < -0.3 is 0 Å². The van der Waals surface area contributed by atoms with Crippen LogP contribution in [0.4, 0.5) is 0 Å². The first-order valence-electron chi connectivity index (χ1n) is 2.40. The number of rotatable bonds is 3. The Morgan fingerprint density at radius 2 is 2.29 bits per heavy atom. The van der Waals surface area contributed by atoms with Crippen LogP contribution in [0.3, 0.4) is 0 Å². The number of halogens is 1. The van der Waals surface area contributed by atoms with Crippen molar-refractivity contribution in [1.29, 1.82) is 0 Å². The Balaban J connectivity index is 2.68. The summed E-state index contributed by atoms with van der Waals surface area (Å²) in [5, 5.41) is 0. The predicted octanol–water partition coefficient (Wildman–Crippen LogP) is 1.18. The molecule has 0 saturated heterocycles. The zero-order valence-corrected chi connectivity index (χ0v) is 6.90. The predicted molar refractivity (Wildman–Crippen MR) is 40.1 cm³/mol. The van der Waals surface area contributed by atoms with E-state index in [1.165, 1.54) is 6.42 Å². The first kappa shape index (κ1) is 7.65. The smallest absolute Gasteiger partial charge is 0.0364 e. The summed E-state index contributed by atoms with van der Waals surface area (Å²) in [6.45, 7) is 3.21. The molecule has 0 bridgehead atoms. The first-order valence-corrected chi connectivity index (χ1v) is 3.37. The van der Waals surface area contributed by atoms with Crippen LogP contribution in [-0.4, -0.2) is 16.8 Å². The lowest BCUT2D eigenvalue weighted by atomic mass is 10.5. The molecule has 0 amide bonds. The number of hydrogen-bond acceptors (Lipinski definition) is 2. The normalized spacial score (nSPS) is 10.3. The standard InChI is InChI=1S/C4H11IN2/c1-3-4-6-7(2)5/h6H,3-4H2,1-2H3. The van der Waals surface area contributed by atoms with E-state index in [2.05, 4.69) is 35.2 Å². The summed E-state index contributed by atoms with van der Waals surface area (Å²) < 4.78 is 1.93. The Hall–Kier alpha value is 0.650. The van der Waals surface area contributed by atoms with E-state index in [0.29, 0.717) is 0 Å². The van der Waals surface area contributed by atoms with Crippen molar-refractivity contribution in [2.24, 2.45) is 0 Å². The highest BCUT2D eigenvalue weighted by Crippen LogP contribution is 1.84. The van der Waals surface area contributed by atoms with Crippen molar-refractivity contribution in [2.45, 2.75) is 13.3 Å². The van der Waals surface area contributed by atoms with E-state index in [4.69, 9.17) is 0 Å². The van der Waals surface area contributed by atoms with E-state index in [9.17, 15) is 0 Å². The SMILES string of the molecule is CCCNN(C)I. The van der Waals surface area contributed by atoms with Gasteiger partial charge in [-0.25, -0.2) is 5.43 Å². The summed E-state index contributed by atoms with van der Waals surface area (Å²) in [5.74, 6) is 0. The van der Waals surface area contributed by atoms with Crippen LogP contribution in [0.2, 0.25) is 0 Å². The summed E-state index contributed by atoms with van der Waals surface area (Å²) in [4.78, 5) is 0. The van der Waals surface area contributed by atoms with Gasteiger partial charge >= 0.3 is 0 Å². The lowest BCUT2D eigenvalue weighted by molar-refractivity contribution is 0.447. The van der Waals surface area contributed by atoms with Gasteiger partial charge in [0.25, 0.3) is 0 Å². The molecule has 0 aliphatic carbocycles. The average Bonchev–Trinajstić information content (AvgIpc) is 1.61. The molecule has 0 heterocycles. The van der Waals surface area contributed by atoms with E-state index in [1.807, 2.05) is 10.3 Å².